The summed E-state index contributed by atoms with van der Waals surface area (Å²) in [7, 11) is 4.59. The first-order valence-electron chi connectivity index (χ1n) is 8.99. The van der Waals surface area contributed by atoms with E-state index in [4.69, 9.17) is 25.8 Å². The Labute approximate surface area is 175 Å². The van der Waals surface area contributed by atoms with E-state index in [0.29, 0.717) is 22.3 Å². The van der Waals surface area contributed by atoms with Gasteiger partial charge in [0.2, 0.25) is 5.91 Å². The van der Waals surface area contributed by atoms with Gasteiger partial charge < -0.3 is 24.4 Å². The van der Waals surface area contributed by atoms with Gasteiger partial charge in [-0.1, -0.05) is 23.7 Å². The number of hydrogen-bond acceptors (Lipinski definition) is 5. The minimum atomic E-state index is -0.674. The second-order valence-corrected chi connectivity index (χ2v) is 6.71. The highest BCUT2D eigenvalue weighted by Gasteiger charge is 2.26. The number of halogens is 1. The van der Waals surface area contributed by atoms with Crippen LogP contribution in [0.2, 0.25) is 5.02 Å². The van der Waals surface area contributed by atoms with Gasteiger partial charge in [-0.2, -0.15) is 0 Å². The third kappa shape index (κ3) is 6.29. The van der Waals surface area contributed by atoms with Gasteiger partial charge in [0.15, 0.2) is 6.61 Å². The normalized spacial score (nSPS) is 11.3. The molecule has 156 valence electrons. The van der Waals surface area contributed by atoms with Crippen molar-refractivity contribution >= 4 is 23.4 Å². The van der Waals surface area contributed by atoms with Crippen molar-refractivity contribution in [3.05, 3.63) is 53.1 Å². The van der Waals surface area contributed by atoms with Crippen LogP contribution in [0.1, 0.15) is 12.5 Å². The van der Waals surface area contributed by atoms with Crippen molar-refractivity contribution in [2.45, 2.75) is 19.5 Å². The number of amides is 2. The molecule has 8 heteroatoms. The number of carbonyl (C=O) groups excluding carboxylic acids is 2. The molecule has 2 amide bonds. The molecule has 0 aliphatic carbocycles. The number of nitrogens with zero attached hydrogens (tertiary/aromatic N) is 1. The highest BCUT2D eigenvalue weighted by molar-refractivity contribution is 6.30. The predicted molar refractivity (Wildman–Crippen MR) is 111 cm³/mol. The van der Waals surface area contributed by atoms with E-state index in [2.05, 4.69) is 5.32 Å². The van der Waals surface area contributed by atoms with E-state index >= 15 is 0 Å². The van der Waals surface area contributed by atoms with E-state index in [1.807, 2.05) is 12.1 Å². The molecule has 0 radical (unpaired) electrons. The molecule has 0 unspecified atom stereocenters. The van der Waals surface area contributed by atoms with Crippen LogP contribution in [0, 0.1) is 0 Å². The quantitative estimate of drug-likeness (QED) is 0.675. The average Bonchev–Trinajstić information content (AvgIpc) is 2.75. The summed E-state index contributed by atoms with van der Waals surface area (Å²) in [6.07, 6.45) is 0. The van der Waals surface area contributed by atoms with Gasteiger partial charge in [0.1, 0.15) is 23.3 Å². The van der Waals surface area contributed by atoms with Gasteiger partial charge in [0.25, 0.3) is 5.91 Å². The lowest BCUT2D eigenvalue weighted by Gasteiger charge is -2.28. The van der Waals surface area contributed by atoms with Crippen molar-refractivity contribution in [1.82, 2.24) is 10.2 Å². The Bertz CT molecular complexity index is 819. The van der Waals surface area contributed by atoms with Crippen LogP contribution < -0.4 is 19.5 Å². The number of rotatable bonds is 9. The van der Waals surface area contributed by atoms with Crippen LogP contribution in [0.25, 0.3) is 0 Å². The van der Waals surface area contributed by atoms with Gasteiger partial charge in [-0.3, -0.25) is 9.59 Å². The molecule has 29 heavy (non-hydrogen) atoms. The molecule has 0 fully saturated rings. The summed E-state index contributed by atoms with van der Waals surface area (Å²) in [4.78, 5) is 26.5. The zero-order chi connectivity index (χ0) is 21.4. The number of ether oxygens (including phenoxy) is 3. The summed E-state index contributed by atoms with van der Waals surface area (Å²) in [6, 6.07) is 11.4. The second kappa shape index (κ2) is 10.6. The van der Waals surface area contributed by atoms with Gasteiger partial charge in [-0.05, 0) is 24.6 Å². The van der Waals surface area contributed by atoms with E-state index in [0.717, 1.165) is 5.56 Å². The second-order valence-electron chi connectivity index (χ2n) is 6.28. The van der Waals surface area contributed by atoms with Gasteiger partial charge >= 0.3 is 0 Å². The summed E-state index contributed by atoms with van der Waals surface area (Å²) in [5.41, 5.74) is 0.849. The lowest BCUT2D eigenvalue weighted by atomic mass is 10.1. The van der Waals surface area contributed by atoms with Gasteiger partial charge in [0, 0.05) is 36.8 Å². The van der Waals surface area contributed by atoms with Gasteiger partial charge in [-0.15, -0.1) is 0 Å². The summed E-state index contributed by atoms with van der Waals surface area (Å²) < 4.78 is 16.1. The van der Waals surface area contributed by atoms with E-state index in [9.17, 15) is 9.59 Å². The molecule has 1 atom stereocenters. The van der Waals surface area contributed by atoms with Crippen molar-refractivity contribution in [3.63, 3.8) is 0 Å². The van der Waals surface area contributed by atoms with Crippen LogP contribution in [0.15, 0.2) is 42.5 Å². The first-order valence-corrected chi connectivity index (χ1v) is 9.37. The molecule has 0 bridgehead atoms. The summed E-state index contributed by atoms with van der Waals surface area (Å²) in [6.45, 7) is 1.67. The number of methoxy groups -OCH3 is 2. The third-order valence-corrected chi connectivity index (χ3v) is 4.62. The first kappa shape index (κ1) is 22.4. The lowest BCUT2D eigenvalue weighted by molar-refractivity contribution is -0.142. The van der Waals surface area contributed by atoms with Gasteiger partial charge in [-0.25, -0.2) is 0 Å². The molecule has 0 saturated carbocycles. The Balaban J connectivity index is 2.16. The highest BCUT2D eigenvalue weighted by Crippen LogP contribution is 2.27. The number of nitrogens with one attached hydrogen (secondary N) is 1. The number of hydrogen-bond donors (Lipinski definition) is 1. The maximum absolute atomic E-state index is 12.9. The van der Waals surface area contributed by atoms with Crippen LogP contribution in [0.4, 0.5) is 0 Å². The SMILES string of the molecule is CNC(=O)[C@H](C)N(Cc1ccc(Cl)cc1)C(=O)COc1cc(OC)cc(OC)c1. The van der Waals surface area contributed by atoms with Crippen molar-refractivity contribution in [2.24, 2.45) is 0 Å². The monoisotopic (exact) mass is 420 g/mol. The molecule has 0 saturated heterocycles. The standard InChI is InChI=1S/C21H25ClN2O5/c1-14(21(26)23-2)24(12-15-5-7-16(22)8-6-15)20(25)13-29-19-10-17(27-3)9-18(11-19)28-4/h5-11,14H,12-13H2,1-4H3,(H,23,26)/t14-/m0/s1. The van der Waals surface area contributed by atoms with Crippen LogP contribution in [-0.2, 0) is 16.1 Å². The molecule has 1 N–H and O–H groups in total. The van der Waals surface area contributed by atoms with E-state index in [-0.39, 0.29) is 25.0 Å². The van der Waals surface area contributed by atoms with E-state index in [1.165, 1.54) is 26.2 Å². The Morgan fingerprint density at radius 2 is 1.59 bits per heavy atom. The van der Waals surface area contributed by atoms with Crippen molar-refractivity contribution < 1.29 is 23.8 Å². The highest BCUT2D eigenvalue weighted by atomic mass is 35.5. The molecule has 2 rings (SSSR count). The lowest BCUT2D eigenvalue weighted by Crippen LogP contribution is -2.48. The van der Waals surface area contributed by atoms with Crippen molar-refractivity contribution in [1.29, 1.82) is 0 Å². The molecule has 0 heterocycles. The van der Waals surface area contributed by atoms with E-state index in [1.54, 1.807) is 37.3 Å². The first-order chi connectivity index (χ1) is 13.9. The van der Waals surface area contributed by atoms with Gasteiger partial charge in [0.05, 0.1) is 14.2 Å². The number of benzene rings is 2. The Hall–Kier alpha value is -2.93. The number of carbonyl (C=O) groups is 2. The van der Waals surface area contributed by atoms with Crippen LogP contribution in [-0.4, -0.2) is 50.6 Å². The maximum atomic E-state index is 12.9. The fourth-order valence-electron chi connectivity index (χ4n) is 2.67. The van der Waals surface area contributed by atoms with Crippen LogP contribution in [0.3, 0.4) is 0 Å². The maximum Gasteiger partial charge on any atom is 0.261 e. The number of likely N-dealkylation sites (N-methyl/N-ethyl adjacent to an activating group) is 1. The average molecular weight is 421 g/mol. The molecular formula is C21H25ClN2O5. The molecular weight excluding hydrogens is 396 g/mol. The Morgan fingerprint density at radius 3 is 2.10 bits per heavy atom. The largest absolute Gasteiger partial charge is 0.496 e. The Kier molecular flexibility index (Phi) is 8.15. The van der Waals surface area contributed by atoms with E-state index < -0.39 is 6.04 Å². The molecule has 0 aliphatic heterocycles. The molecule has 7 nitrogen and oxygen atoms in total. The Morgan fingerprint density at radius 1 is 1.03 bits per heavy atom. The fraction of sp³-hybridized carbons (Fsp3) is 0.333. The minimum absolute atomic E-state index is 0.245. The molecule has 0 aromatic heterocycles. The smallest absolute Gasteiger partial charge is 0.261 e. The van der Waals surface area contributed by atoms with Crippen molar-refractivity contribution in [2.75, 3.05) is 27.9 Å². The summed E-state index contributed by atoms with van der Waals surface area (Å²) in [5.74, 6) is 0.911. The topological polar surface area (TPSA) is 77.1 Å². The molecule has 2 aromatic rings. The predicted octanol–water partition coefficient (Wildman–Crippen LogP) is 2.90. The fourth-order valence-corrected chi connectivity index (χ4v) is 2.80. The van der Waals surface area contributed by atoms with Crippen molar-refractivity contribution in [3.8, 4) is 17.2 Å². The van der Waals surface area contributed by atoms with Crippen LogP contribution >= 0.6 is 11.6 Å². The summed E-state index contributed by atoms with van der Waals surface area (Å²) in [5, 5.41) is 3.17. The molecule has 2 aromatic carbocycles. The summed E-state index contributed by atoms with van der Waals surface area (Å²) >= 11 is 5.93. The minimum Gasteiger partial charge on any atom is -0.496 e. The molecule has 0 aliphatic rings. The zero-order valence-electron chi connectivity index (χ0n) is 16.9. The van der Waals surface area contributed by atoms with Crippen LogP contribution in [0.5, 0.6) is 17.2 Å². The molecule has 0 spiro atoms. The third-order valence-electron chi connectivity index (χ3n) is 4.37. The zero-order valence-corrected chi connectivity index (χ0v) is 17.7.